The fourth-order valence-electron chi connectivity index (χ4n) is 2.69. The van der Waals surface area contributed by atoms with E-state index in [9.17, 15) is 0 Å². The maximum atomic E-state index is 2.60. The van der Waals surface area contributed by atoms with Crippen LogP contribution in [0.4, 0.5) is 0 Å². The van der Waals surface area contributed by atoms with Crippen molar-refractivity contribution < 1.29 is 0 Å². The molecule has 0 unspecified atom stereocenters. The number of hydrogen-bond donors (Lipinski definition) is 0. The second kappa shape index (κ2) is 9.78. The quantitative estimate of drug-likeness (QED) is 0.556. The third-order valence-corrected chi connectivity index (χ3v) is 4.02. The van der Waals surface area contributed by atoms with Crippen molar-refractivity contribution in [2.75, 3.05) is 39.8 Å². The van der Waals surface area contributed by atoms with E-state index in [2.05, 4.69) is 65.3 Å². The van der Waals surface area contributed by atoms with Gasteiger partial charge in [-0.25, -0.2) is 0 Å². The van der Waals surface area contributed by atoms with Gasteiger partial charge < -0.3 is 9.80 Å². The highest BCUT2D eigenvalue weighted by atomic mass is 15.1. The molecule has 0 aliphatic carbocycles. The number of hydrogen-bond acceptors (Lipinski definition) is 2. The van der Waals surface area contributed by atoms with Crippen LogP contribution in [0.15, 0.2) is 0 Å². The minimum absolute atomic E-state index is 0.454. The standard InChI is InChI=1S/C18H40N2/c1-9-20(15-17(4)5)13-11-18(6,7)10-12-19(8)14-16(2)3/h16-17H,9-15H2,1-8H3. The molecule has 0 bridgehead atoms. The van der Waals surface area contributed by atoms with Crippen molar-refractivity contribution >= 4 is 0 Å². The lowest BCUT2D eigenvalue weighted by Crippen LogP contribution is -2.33. The Morgan fingerprint density at radius 1 is 0.850 bits per heavy atom. The Hall–Kier alpha value is -0.0800. The van der Waals surface area contributed by atoms with Crippen molar-refractivity contribution in [2.24, 2.45) is 17.3 Å². The van der Waals surface area contributed by atoms with E-state index in [-0.39, 0.29) is 0 Å². The summed E-state index contributed by atoms with van der Waals surface area (Å²) in [6, 6.07) is 0. The van der Waals surface area contributed by atoms with Crippen molar-refractivity contribution in [1.82, 2.24) is 9.80 Å². The van der Waals surface area contributed by atoms with E-state index in [1.807, 2.05) is 0 Å². The predicted molar refractivity (Wildman–Crippen MR) is 92.3 cm³/mol. The van der Waals surface area contributed by atoms with Crippen molar-refractivity contribution in [2.45, 2.75) is 61.3 Å². The van der Waals surface area contributed by atoms with Gasteiger partial charge in [0.05, 0.1) is 0 Å². The molecule has 0 aromatic heterocycles. The fraction of sp³-hybridized carbons (Fsp3) is 1.00. The van der Waals surface area contributed by atoms with Crippen LogP contribution in [0.1, 0.15) is 61.3 Å². The summed E-state index contributed by atoms with van der Waals surface area (Å²) in [7, 11) is 2.26. The summed E-state index contributed by atoms with van der Waals surface area (Å²) in [6.07, 6.45) is 2.61. The first-order chi connectivity index (χ1) is 9.16. The summed E-state index contributed by atoms with van der Waals surface area (Å²) >= 11 is 0. The average Bonchev–Trinajstić information content (AvgIpc) is 2.31. The molecule has 0 rings (SSSR count). The molecule has 122 valence electrons. The summed E-state index contributed by atoms with van der Waals surface area (Å²) in [6.45, 7) is 22.5. The van der Waals surface area contributed by atoms with Crippen molar-refractivity contribution in [1.29, 1.82) is 0 Å². The highest BCUT2D eigenvalue weighted by Gasteiger charge is 2.20. The first-order valence-corrected chi connectivity index (χ1v) is 8.57. The lowest BCUT2D eigenvalue weighted by atomic mass is 9.85. The van der Waals surface area contributed by atoms with E-state index in [1.165, 1.54) is 45.6 Å². The van der Waals surface area contributed by atoms with E-state index in [4.69, 9.17) is 0 Å². The van der Waals surface area contributed by atoms with Gasteiger partial charge in [0.25, 0.3) is 0 Å². The smallest absolute Gasteiger partial charge is 0.000427 e. The third-order valence-electron chi connectivity index (χ3n) is 4.02. The molecule has 0 aliphatic rings. The monoisotopic (exact) mass is 284 g/mol. The largest absolute Gasteiger partial charge is 0.306 e. The average molecular weight is 285 g/mol. The molecule has 0 aromatic carbocycles. The van der Waals surface area contributed by atoms with Gasteiger partial charge in [0.15, 0.2) is 0 Å². The summed E-state index contributed by atoms with van der Waals surface area (Å²) in [5.41, 5.74) is 0.454. The molecule has 0 saturated carbocycles. The maximum Gasteiger partial charge on any atom is 0.000427 e. The zero-order valence-corrected chi connectivity index (χ0v) is 15.5. The predicted octanol–water partition coefficient (Wildman–Crippen LogP) is 4.36. The molecule has 0 heterocycles. The van der Waals surface area contributed by atoms with Crippen LogP contribution in [0.5, 0.6) is 0 Å². The fourth-order valence-corrected chi connectivity index (χ4v) is 2.69. The normalized spacial score (nSPS) is 13.2. The molecule has 0 radical (unpaired) electrons. The molecule has 0 atom stereocenters. The minimum Gasteiger partial charge on any atom is -0.306 e. The molecule has 0 saturated heterocycles. The summed E-state index contributed by atoms with van der Waals surface area (Å²) in [4.78, 5) is 5.09. The van der Waals surface area contributed by atoms with Crippen LogP contribution in [0.25, 0.3) is 0 Å². The zero-order valence-electron chi connectivity index (χ0n) is 15.5. The maximum absolute atomic E-state index is 2.60. The van der Waals surface area contributed by atoms with Crippen LogP contribution >= 0.6 is 0 Å². The second-order valence-electron chi connectivity index (χ2n) is 8.11. The van der Waals surface area contributed by atoms with E-state index in [0.29, 0.717) is 5.41 Å². The second-order valence-corrected chi connectivity index (χ2v) is 8.11. The van der Waals surface area contributed by atoms with E-state index >= 15 is 0 Å². The SMILES string of the molecule is CCN(CCC(C)(C)CCN(C)CC(C)C)CC(C)C. The van der Waals surface area contributed by atoms with Crippen LogP contribution in [-0.4, -0.2) is 49.6 Å². The Morgan fingerprint density at radius 3 is 1.80 bits per heavy atom. The molecule has 0 aromatic rings. The molecular formula is C18H40N2. The van der Waals surface area contributed by atoms with Gasteiger partial charge in [0.1, 0.15) is 0 Å². The molecule has 2 nitrogen and oxygen atoms in total. The van der Waals surface area contributed by atoms with Crippen LogP contribution in [0.3, 0.4) is 0 Å². The number of nitrogens with zero attached hydrogens (tertiary/aromatic N) is 2. The van der Waals surface area contributed by atoms with Crippen LogP contribution in [-0.2, 0) is 0 Å². The van der Waals surface area contributed by atoms with Gasteiger partial charge in [0, 0.05) is 13.1 Å². The van der Waals surface area contributed by atoms with Gasteiger partial charge in [-0.15, -0.1) is 0 Å². The Balaban J connectivity index is 4.04. The molecule has 0 spiro atoms. The molecule has 0 N–H and O–H groups in total. The molecular weight excluding hydrogens is 244 g/mol. The molecule has 0 fully saturated rings. The molecule has 2 heteroatoms. The van der Waals surface area contributed by atoms with Crippen molar-refractivity contribution in [3.63, 3.8) is 0 Å². The Morgan fingerprint density at radius 2 is 1.35 bits per heavy atom. The summed E-state index contributed by atoms with van der Waals surface area (Å²) in [5, 5.41) is 0. The van der Waals surface area contributed by atoms with Crippen LogP contribution < -0.4 is 0 Å². The van der Waals surface area contributed by atoms with E-state index in [1.54, 1.807) is 0 Å². The Bertz CT molecular complexity index is 234. The first kappa shape index (κ1) is 19.9. The zero-order chi connectivity index (χ0) is 15.8. The van der Waals surface area contributed by atoms with Gasteiger partial charge >= 0.3 is 0 Å². The van der Waals surface area contributed by atoms with Gasteiger partial charge in [-0.05, 0) is 56.8 Å². The highest BCUT2D eigenvalue weighted by molar-refractivity contribution is 4.73. The van der Waals surface area contributed by atoms with Gasteiger partial charge in [-0.2, -0.15) is 0 Å². The third kappa shape index (κ3) is 10.7. The van der Waals surface area contributed by atoms with Crippen LogP contribution in [0.2, 0.25) is 0 Å². The first-order valence-electron chi connectivity index (χ1n) is 8.57. The topological polar surface area (TPSA) is 6.48 Å². The van der Waals surface area contributed by atoms with E-state index in [0.717, 1.165) is 11.8 Å². The van der Waals surface area contributed by atoms with E-state index < -0.39 is 0 Å². The minimum atomic E-state index is 0.454. The van der Waals surface area contributed by atoms with Crippen molar-refractivity contribution in [3.8, 4) is 0 Å². The number of rotatable bonds is 11. The summed E-state index contributed by atoms with van der Waals surface area (Å²) < 4.78 is 0. The van der Waals surface area contributed by atoms with Crippen molar-refractivity contribution in [3.05, 3.63) is 0 Å². The summed E-state index contributed by atoms with van der Waals surface area (Å²) in [5.74, 6) is 1.54. The molecule has 20 heavy (non-hydrogen) atoms. The van der Waals surface area contributed by atoms with Gasteiger partial charge in [-0.1, -0.05) is 48.5 Å². The molecule has 0 amide bonds. The van der Waals surface area contributed by atoms with Gasteiger partial charge in [-0.3, -0.25) is 0 Å². The lowest BCUT2D eigenvalue weighted by Gasteiger charge is -2.31. The van der Waals surface area contributed by atoms with Crippen LogP contribution in [0, 0.1) is 17.3 Å². The Kier molecular flexibility index (Phi) is 9.74. The highest BCUT2D eigenvalue weighted by Crippen LogP contribution is 2.25. The van der Waals surface area contributed by atoms with Gasteiger partial charge in [0.2, 0.25) is 0 Å². The molecule has 0 aliphatic heterocycles. The lowest BCUT2D eigenvalue weighted by molar-refractivity contribution is 0.179. The Labute approximate surface area is 128 Å².